The molecule has 0 amide bonds. The van der Waals surface area contributed by atoms with Crippen LogP contribution in [0.15, 0.2) is 29.2 Å². The van der Waals surface area contributed by atoms with Crippen molar-refractivity contribution in [3.8, 4) is 0 Å². The van der Waals surface area contributed by atoms with E-state index in [9.17, 15) is 13.5 Å². The fraction of sp³-hybridized carbons (Fsp3) is 0.600. The zero-order valence-corrected chi connectivity index (χ0v) is 14.9. The highest BCUT2D eigenvalue weighted by Gasteiger charge is 2.50. The third kappa shape index (κ3) is 2.75. The molecule has 2 aliphatic rings. The first-order chi connectivity index (χ1) is 9.91. The smallest absolute Gasteiger partial charge is 0.243 e. The highest BCUT2D eigenvalue weighted by Crippen LogP contribution is 2.42. The van der Waals surface area contributed by atoms with Crippen molar-refractivity contribution in [1.29, 1.82) is 0 Å². The van der Waals surface area contributed by atoms with Crippen LogP contribution < -0.4 is 0 Å². The van der Waals surface area contributed by atoms with Gasteiger partial charge < -0.3 is 5.11 Å². The number of β-amino-alcohol motifs (C(OH)–C–C–N with tert-alkyl or cyclic N) is 1. The summed E-state index contributed by atoms with van der Waals surface area (Å²) >= 11 is 2.36. The lowest BCUT2D eigenvalue weighted by Crippen LogP contribution is -2.42. The van der Waals surface area contributed by atoms with Crippen LogP contribution in [0.4, 0.5) is 0 Å². The molecule has 3 rings (SSSR count). The Morgan fingerprint density at radius 3 is 2.57 bits per heavy atom. The lowest BCUT2D eigenvalue weighted by atomic mass is 9.84. The summed E-state index contributed by atoms with van der Waals surface area (Å²) in [6, 6.07) is 6.91. The van der Waals surface area contributed by atoms with Crippen molar-refractivity contribution in [2.75, 3.05) is 6.54 Å². The normalized spacial score (nSPS) is 33.9. The maximum Gasteiger partial charge on any atom is 0.243 e. The first kappa shape index (κ1) is 15.7. The van der Waals surface area contributed by atoms with Gasteiger partial charge in [-0.1, -0.05) is 46.7 Å². The first-order valence-corrected chi connectivity index (χ1v) is 10.0. The predicted octanol–water partition coefficient (Wildman–Crippen LogP) is 2.33. The van der Waals surface area contributed by atoms with E-state index in [1.807, 2.05) is 19.1 Å². The number of aliphatic hydroxyl groups excluding tert-OH is 1. The molecular weight excluding hydrogens is 401 g/mol. The summed E-state index contributed by atoms with van der Waals surface area (Å²) in [5.41, 5.74) is 1.04. The third-order valence-corrected chi connectivity index (χ3v) is 8.01. The number of nitrogens with zero attached hydrogens (tertiary/aromatic N) is 1. The number of benzene rings is 1. The fourth-order valence-corrected chi connectivity index (χ4v) is 6.65. The van der Waals surface area contributed by atoms with Gasteiger partial charge in [0.2, 0.25) is 10.0 Å². The van der Waals surface area contributed by atoms with Gasteiger partial charge in [0.05, 0.1) is 11.0 Å². The summed E-state index contributed by atoms with van der Waals surface area (Å²) in [7, 11) is -3.51. The van der Waals surface area contributed by atoms with Gasteiger partial charge in [0, 0.05) is 22.4 Å². The van der Waals surface area contributed by atoms with Gasteiger partial charge in [-0.15, -0.1) is 0 Å². The second-order valence-corrected chi connectivity index (χ2v) is 9.54. The number of rotatable bonds is 2. The summed E-state index contributed by atoms with van der Waals surface area (Å²) < 4.78 is 27.6. The minimum absolute atomic E-state index is 0.0537. The molecule has 0 radical (unpaired) electrons. The van der Waals surface area contributed by atoms with Crippen molar-refractivity contribution >= 4 is 32.6 Å². The van der Waals surface area contributed by atoms with Gasteiger partial charge in [0.15, 0.2) is 0 Å². The van der Waals surface area contributed by atoms with Crippen molar-refractivity contribution in [2.24, 2.45) is 5.92 Å². The molecule has 1 aliphatic carbocycles. The molecule has 1 saturated carbocycles. The molecule has 1 N–H and O–H groups in total. The molecule has 0 spiro atoms. The first-order valence-electron chi connectivity index (χ1n) is 7.32. The molecule has 4 nitrogen and oxygen atoms in total. The van der Waals surface area contributed by atoms with Crippen LogP contribution in [-0.2, 0) is 10.0 Å². The number of sulfonamides is 1. The third-order valence-electron chi connectivity index (χ3n) is 4.65. The molecule has 1 aromatic carbocycles. The Morgan fingerprint density at radius 2 is 1.90 bits per heavy atom. The van der Waals surface area contributed by atoms with E-state index in [0.717, 1.165) is 24.8 Å². The average Bonchev–Trinajstić information content (AvgIpc) is 2.79. The minimum atomic E-state index is -3.51. The molecule has 1 aliphatic heterocycles. The molecule has 0 unspecified atom stereocenters. The highest BCUT2D eigenvalue weighted by molar-refractivity contribution is 14.1. The Labute approximate surface area is 139 Å². The maximum atomic E-state index is 12.9. The molecule has 4 atom stereocenters. The van der Waals surface area contributed by atoms with Crippen LogP contribution in [0.1, 0.15) is 24.8 Å². The summed E-state index contributed by atoms with van der Waals surface area (Å²) in [5.74, 6) is 0.0690. The molecule has 2 fully saturated rings. The van der Waals surface area contributed by atoms with E-state index in [1.54, 1.807) is 12.1 Å². The van der Waals surface area contributed by atoms with Crippen LogP contribution >= 0.6 is 22.6 Å². The lowest BCUT2D eigenvalue weighted by molar-refractivity contribution is 0.127. The molecule has 1 aromatic rings. The Kier molecular flexibility index (Phi) is 4.33. The monoisotopic (exact) mass is 421 g/mol. The SMILES string of the molecule is Cc1ccc(S(=O)(=O)N2C[C@H](O)[C@@H]3[C@@H](I)CCC[C@@H]32)cc1. The van der Waals surface area contributed by atoms with Crippen LogP contribution in [0.3, 0.4) is 0 Å². The summed E-state index contributed by atoms with van der Waals surface area (Å²) in [5, 5.41) is 10.3. The van der Waals surface area contributed by atoms with Gasteiger partial charge in [-0.3, -0.25) is 0 Å². The zero-order valence-electron chi connectivity index (χ0n) is 11.9. The molecule has 6 heteroatoms. The van der Waals surface area contributed by atoms with Gasteiger partial charge in [-0.2, -0.15) is 4.31 Å². The minimum Gasteiger partial charge on any atom is -0.391 e. The number of halogens is 1. The predicted molar refractivity (Wildman–Crippen MR) is 90.0 cm³/mol. The summed E-state index contributed by atoms with van der Waals surface area (Å²) in [6.07, 6.45) is 2.41. The van der Waals surface area contributed by atoms with E-state index in [0.29, 0.717) is 8.82 Å². The largest absolute Gasteiger partial charge is 0.391 e. The molecule has 1 saturated heterocycles. The topological polar surface area (TPSA) is 57.6 Å². The van der Waals surface area contributed by atoms with Gasteiger partial charge in [0.1, 0.15) is 0 Å². The van der Waals surface area contributed by atoms with E-state index >= 15 is 0 Å². The van der Waals surface area contributed by atoms with Crippen molar-refractivity contribution in [3.05, 3.63) is 29.8 Å². The number of hydrogen-bond acceptors (Lipinski definition) is 3. The molecule has 21 heavy (non-hydrogen) atoms. The van der Waals surface area contributed by atoms with Gasteiger partial charge in [0.25, 0.3) is 0 Å². The van der Waals surface area contributed by atoms with Crippen LogP contribution in [0.25, 0.3) is 0 Å². The second kappa shape index (κ2) is 5.79. The average molecular weight is 421 g/mol. The van der Waals surface area contributed by atoms with Gasteiger partial charge in [-0.05, 0) is 31.9 Å². The fourth-order valence-electron chi connectivity index (χ4n) is 3.54. The van der Waals surface area contributed by atoms with Crippen LogP contribution in [0, 0.1) is 12.8 Å². The molecule has 0 bridgehead atoms. The van der Waals surface area contributed by atoms with E-state index in [2.05, 4.69) is 22.6 Å². The number of alkyl halides is 1. The van der Waals surface area contributed by atoms with E-state index in [-0.39, 0.29) is 18.5 Å². The quantitative estimate of drug-likeness (QED) is 0.589. The number of hydrogen-bond donors (Lipinski definition) is 1. The van der Waals surface area contributed by atoms with Crippen molar-refractivity contribution < 1.29 is 13.5 Å². The van der Waals surface area contributed by atoms with Crippen molar-refractivity contribution in [1.82, 2.24) is 4.31 Å². The maximum absolute atomic E-state index is 12.9. The Morgan fingerprint density at radius 1 is 1.24 bits per heavy atom. The Hall–Kier alpha value is -0.180. The van der Waals surface area contributed by atoms with E-state index in [4.69, 9.17) is 0 Å². The van der Waals surface area contributed by atoms with Crippen molar-refractivity contribution in [3.63, 3.8) is 0 Å². The molecule has 1 heterocycles. The number of fused-ring (bicyclic) bond motifs is 1. The molecular formula is C15H20INO3S. The standard InChI is InChI=1S/C15H20INO3S/c1-10-5-7-11(8-6-10)21(19,20)17-9-14(18)15-12(16)3-2-4-13(15)17/h5-8,12-15,18H,2-4,9H2,1H3/t12-,13-,14-,15+/m0/s1. The number of aliphatic hydroxyl groups is 1. The van der Waals surface area contributed by atoms with E-state index in [1.165, 1.54) is 4.31 Å². The molecule has 116 valence electrons. The van der Waals surface area contributed by atoms with Gasteiger partial charge >= 0.3 is 0 Å². The Bertz CT molecular complexity index is 616. The number of aryl methyl sites for hydroxylation is 1. The highest BCUT2D eigenvalue weighted by atomic mass is 127. The Balaban J connectivity index is 1.94. The van der Waals surface area contributed by atoms with Crippen LogP contribution in [0.5, 0.6) is 0 Å². The van der Waals surface area contributed by atoms with Crippen LogP contribution in [0.2, 0.25) is 0 Å². The zero-order chi connectivity index (χ0) is 15.2. The lowest BCUT2D eigenvalue weighted by Gasteiger charge is -2.34. The van der Waals surface area contributed by atoms with Crippen LogP contribution in [-0.4, -0.2) is 40.4 Å². The van der Waals surface area contributed by atoms with Crippen molar-refractivity contribution in [2.45, 2.75) is 47.2 Å². The summed E-state index contributed by atoms with van der Waals surface area (Å²) in [6.45, 7) is 2.17. The van der Waals surface area contributed by atoms with Gasteiger partial charge in [-0.25, -0.2) is 8.42 Å². The van der Waals surface area contributed by atoms with E-state index < -0.39 is 16.1 Å². The second-order valence-electron chi connectivity index (χ2n) is 6.05. The summed E-state index contributed by atoms with van der Waals surface area (Å²) in [4.78, 5) is 0.330. The molecule has 0 aromatic heterocycles.